The highest BCUT2D eigenvalue weighted by Crippen LogP contribution is 2.37. The molecule has 5 nitrogen and oxygen atoms in total. The van der Waals surface area contributed by atoms with Gasteiger partial charge < -0.3 is 14.4 Å². The molecule has 2 aromatic rings. The molecule has 0 aliphatic carbocycles. The molecule has 2 aliphatic heterocycles. The van der Waals surface area contributed by atoms with Crippen LogP contribution >= 0.6 is 23.2 Å². The molecule has 142 valence electrons. The number of hydrogen-bond acceptors (Lipinski definition) is 4. The highest BCUT2D eigenvalue weighted by atomic mass is 35.5. The molecular formula is C20H20Cl2N2O3. The first-order valence-corrected chi connectivity index (χ1v) is 9.82. The molecule has 27 heavy (non-hydrogen) atoms. The minimum absolute atomic E-state index is 0.00944. The Morgan fingerprint density at radius 1 is 1.15 bits per heavy atom. The summed E-state index contributed by atoms with van der Waals surface area (Å²) in [6.45, 7) is -0.0277. The van der Waals surface area contributed by atoms with Crippen molar-refractivity contribution in [1.29, 1.82) is 0 Å². The zero-order valence-electron chi connectivity index (χ0n) is 14.7. The van der Waals surface area contributed by atoms with E-state index in [0.717, 1.165) is 25.7 Å². The molecular weight excluding hydrogens is 387 g/mol. The van der Waals surface area contributed by atoms with Gasteiger partial charge in [0, 0.05) is 42.2 Å². The van der Waals surface area contributed by atoms with Gasteiger partial charge in [-0.2, -0.15) is 0 Å². The lowest BCUT2D eigenvalue weighted by molar-refractivity contribution is -0.139. The highest BCUT2D eigenvalue weighted by molar-refractivity contribution is 6.35. The number of aromatic nitrogens is 1. The molecule has 4 rings (SSSR count). The number of ether oxygens (including phenoxy) is 2. The Morgan fingerprint density at radius 2 is 1.93 bits per heavy atom. The Bertz CT molecular complexity index is 804. The first kappa shape index (κ1) is 18.4. The standard InChI is InChI=1S/C20H20Cl2N2O3/c21-13-4-7-18(17(22)9-13)26-12-20(25)24-14-5-6-15(24)11-16(10-14)27-19-3-1-2-8-23-19/h1-4,7-9,14-16H,5-6,10-12H2. The number of fused-ring (bicyclic) bond motifs is 2. The van der Waals surface area contributed by atoms with Crippen LogP contribution in [0.2, 0.25) is 10.0 Å². The number of hydrogen-bond donors (Lipinski definition) is 0. The van der Waals surface area contributed by atoms with E-state index in [0.29, 0.717) is 21.7 Å². The van der Waals surface area contributed by atoms with Crippen molar-refractivity contribution >= 4 is 29.1 Å². The van der Waals surface area contributed by atoms with Gasteiger partial charge in [0.15, 0.2) is 6.61 Å². The van der Waals surface area contributed by atoms with Crippen LogP contribution in [-0.4, -0.2) is 40.6 Å². The van der Waals surface area contributed by atoms with Gasteiger partial charge in [0.25, 0.3) is 5.91 Å². The van der Waals surface area contributed by atoms with E-state index in [1.54, 1.807) is 24.4 Å². The van der Waals surface area contributed by atoms with Gasteiger partial charge in [0.2, 0.25) is 5.88 Å². The lowest BCUT2D eigenvalue weighted by Crippen LogP contribution is -2.50. The summed E-state index contributed by atoms with van der Waals surface area (Å²) >= 11 is 12.0. The highest BCUT2D eigenvalue weighted by Gasteiger charge is 2.44. The van der Waals surface area contributed by atoms with Crippen LogP contribution in [0.25, 0.3) is 0 Å². The largest absolute Gasteiger partial charge is 0.482 e. The van der Waals surface area contributed by atoms with Crippen molar-refractivity contribution in [2.45, 2.75) is 43.9 Å². The summed E-state index contributed by atoms with van der Waals surface area (Å²) < 4.78 is 11.6. The summed E-state index contributed by atoms with van der Waals surface area (Å²) in [5, 5.41) is 0.937. The van der Waals surface area contributed by atoms with Crippen LogP contribution in [0.15, 0.2) is 42.6 Å². The van der Waals surface area contributed by atoms with E-state index in [-0.39, 0.29) is 30.7 Å². The number of carbonyl (C=O) groups excluding carboxylic acids is 1. The molecule has 2 atom stereocenters. The van der Waals surface area contributed by atoms with Gasteiger partial charge in [-0.25, -0.2) is 4.98 Å². The van der Waals surface area contributed by atoms with Gasteiger partial charge in [-0.15, -0.1) is 0 Å². The Kier molecular flexibility index (Phi) is 5.41. The summed E-state index contributed by atoms with van der Waals surface area (Å²) in [7, 11) is 0. The lowest BCUT2D eigenvalue weighted by Gasteiger charge is -2.38. The SMILES string of the molecule is O=C(COc1ccc(Cl)cc1Cl)N1C2CCC1CC(Oc1ccccn1)C2. The fourth-order valence-electron chi connectivity index (χ4n) is 4.02. The Hall–Kier alpha value is -1.98. The molecule has 2 fully saturated rings. The Morgan fingerprint density at radius 3 is 2.59 bits per heavy atom. The van der Waals surface area contributed by atoms with E-state index in [1.165, 1.54) is 0 Å². The van der Waals surface area contributed by atoms with E-state index in [2.05, 4.69) is 4.98 Å². The van der Waals surface area contributed by atoms with Crippen molar-refractivity contribution in [3.05, 3.63) is 52.6 Å². The first-order chi connectivity index (χ1) is 13.1. The van der Waals surface area contributed by atoms with E-state index < -0.39 is 0 Å². The fourth-order valence-corrected chi connectivity index (χ4v) is 4.49. The second kappa shape index (κ2) is 7.95. The molecule has 0 saturated carbocycles. The van der Waals surface area contributed by atoms with Gasteiger partial charge in [0.1, 0.15) is 11.9 Å². The molecule has 2 aliphatic rings. The molecule has 1 aromatic carbocycles. The maximum absolute atomic E-state index is 12.8. The topological polar surface area (TPSA) is 51.7 Å². The fraction of sp³-hybridized carbons (Fsp3) is 0.400. The van der Waals surface area contributed by atoms with Crippen molar-refractivity contribution in [1.82, 2.24) is 9.88 Å². The summed E-state index contributed by atoms with van der Waals surface area (Å²) in [6, 6.07) is 11.0. The summed E-state index contributed by atoms with van der Waals surface area (Å²) in [4.78, 5) is 19.0. The van der Waals surface area contributed by atoms with Gasteiger partial charge in [0.05, 0.1) is 5.02 Å². The maximum Gasteiger partial charge on any atom is 0.261 e. The lowest BCUT2D eigenvalue weighted by atomic mass is 9.99. The second-order valence-corrected chi connectivity index (χ2v) is 7.77. The zero-order chi connectivity index (χ0) is 18.8. The van der Waals surface area contributed by atoms with Gasteiger partial charge in [-0.3, -0.25) is 4.79 Å². The zero-order valence-corrected chi connectivity index (χ0v) is 16.2. The van der Waals surface area contributed by atoms with Gasteiger partial charge in [-0.1, -0.05) is 29.3 Å². The van der Waals surface area contributed by atoms with E-state index in [9.17, 15) is 4.79 Å². The number of halogens is 2. The van der Waals surface area contributed by atoms with Crippen LogP contribution in [-0.2, 0) is 4.79 Å². The van der Waals surface area contributed by atoms with Crippen LogP contribution in [0, 0.1) is 0 Å². The van der Waals surface area contributed by atoms with Crippen LogP contribution in [0.5, 0.6) is 11.6 Å². The average Bonchev–Trinajstić information content (AvgIpc) is 2.92. The molecule has 7 heteroatoms. The van der Waals surface area contributed by atoms with E-state index in [4.69, 9.17) is 32.7 Å². The summed E-state index contributed by atoms with van der Waals surface area (Å²) in [6.07, 6.45) is 5.46. The maximum atomic E-state index is 12.8. The second-order valence-electron chi connectivity index (χ2n) is 6.93. The van der Waals surface area contributed by atoms with Crippen molar-refractivity contribution in [2.24, 2.45) is 0 Å². The Labute approximate surface area is 168 Å². The number of carbonyl (C=O) groups is 1. The van der Waals surface area contributed by atoms with Crippen LogP contribution in [0.4, 0.5) is 0 Å². The van der Waals surface area contributed by atoms with E-state index in [1.807, 2.05) is 23.1 Å². The number of pyridine rings is 1. The van der Waals surface area contributed by atoms with Crippen molar-refractivity contribution in [2.75, 3.05) is 6.61 Å². The Balaban J connectivity index is 1.35. The molecule has 2 saturated heterocycles. The molecule has 0 spiro atoms. The number of nitrogens with zero attached hydrogens (tertiary/aromatic N) is 2. The average molecular weight is 407 g/mol. The van der Waals surface area contributed by atoms with Gasteiger partial charge >= 0.3 is 0 Å². The summed E-state index contributed by atoms with van der Waals surface area (Å²) in [5.41, 5.74) is 0. The number of benzene rings is 1. The van der Waals surface area contributed by atoms with Crippen LogP contribution < -0.4 is 9.47 Å². The number of piperidine rings is 1. The van der Waals surface area contributed by atoms with Crippen LogP contribution in [0.1, 0.15) is 25.7 Å². The molecule has 1 amide bonds. The van der Waals surface area contributed by atoms with Crippen molar-refractivity contribution < 1.29 is 14.3 Å². The first-order valence-electron chi connectivity index (χ1n) is 9.07. The number of rotatable bonds is 5. The third-order valence-corrected chi connectivity index (χ3v) is 5.68. The third-order valence-electron chi connectivity index (χ3n) is 5.15. The smallest absolute Gasteiger partial charge is 0.261 e. The number of amides is 1. The van der Waals surface area contributed by atoms with Crippen molar-refractivity contribution in [3.63, 3.8) is 0 Å². The van der Waals surface area contributed by atoms with Crippen LogP contribution in [0.3, 0.4) is 0 Å². The normalized spacial score (nSPS) is 23.9. The molecule has 0 N–H and O–H groups in total. The molecule has 2 unspecified atom stereocenters. The quantitative estimate of drug-likeness (QED) is 0.739. The predicted molar refractivity (Wildman–Crippen MR) is 104 cm³/mol. The third kappa shape index (κ3) is 4.14. The minimum Gasteiger partial charge on any atom is -0.482 e. The minimum atomic E-state index is -0.0277. The molecule has 3 heterocycles. The van der Waals surface area contributed by atoms with Gasteiger partial charge in [-0.05, 0) is 37.1 Å². The molecule has 0 radical (unpaired) electrons. The monoisotopic (exact) mass is 406 g/mol. The molecule has 2 bridgehead atoms. The molecule has 1 aromatic heterocycles. The predicted octanol–water partition coefficient (Wildman–Crippen LogP) is 4.37. The van der Waals surface area contributed by atoms with E-state index >= 15 is 0 Å². The van der Waals surface area contributed by atoms with Crippen molar-refractivity contribution in [3.8, 4) is 11.6 Å². The summed E-state index contributed by atoms with van der Waals surface area (Å²) in [5.74, 6) is 1.10.